The van der Waals surface area contributed by atoms with E-state index in [4.69, 9.17) is 25.9 Å². The first kappa shape index (κ1) is 15.4. The average molecular weight is 332 g/mol. The fourth-order valence-corrected chi connectivity index (χ4v) is 2.17. The fraction of sp³-hybridized carbons (Fsp3) is 0.176. The molecule has 118 valence electrons. The number of aliphatic carboxylic acids is 1. The van der Waals surface area contributed by atoms with Crippen LogP contribution in [0.15, 0.2) is 46.9 Å². The summed E-state index contributed by atoms with van der Waals surface area (Å²) in [6.07, 6.45) is 0. The molecule has 1 atom stereocenters. The number of carboxylic acids is 1. The number of nitrogens with zero attached hydrogens (tertiary/aromatic N) is 1. The SMILES string of the molecule is CC(COc1ccc(-c2nc3ccc(Cl)cc3o2)cc1)C(=O)O. The zero-order chi connectivity index (χ0) is 16.4. The van der Waals surface area contributed by atoms with Crippen LogP contribution in [0.2, 0.25) is 5.02 Å². The molecule has 2 aromatic carbocycles. The van der Waals surface area contributed by atoms with Crippen LogP contribution in [0.3, 0.4) is 0 Å². The molecule has 6 heteroatoms. The van der Waals surface area contributed by atoms with E-state index in [2.05, 4.69) is 4.98 Å². The number of oxazole rings is 1. The Morgan fingerprint density at radius 2 is 2.04 bits per heavy atom. The van der Waals surface area contributed by atoms with Crippen molar-refractivity contribution in [2.24, 2.45) is 5.92 Å². The third-order valence-corrected chi connectivity index (χ3v) is 3.61. The maximum atomic E-state index is 10.8. The number of rotatable bonds is 5. The van der Waals surface area contributed by atoms with Crippen LogP contribution in [0.5, 0.6) is 5.75 Å². The van der Waals surface area contributed by atoms with Crippen molar-refractivity contribution in [3.63, 3.8) is 0 Å². The molecule has 3 rings (SSSR count). The van der Waals surface area contributed by atoms with Gasteiger partial charge in [-0.25, -0.2) is 4.98 Å². The zero-order valence-corrected chi connectivity index (χ0v) is 13.1. The van der Waals surface area contributed by atoms with Crippen molar-refractivity contribution in [3.8, 4) is 17.2 Å². The molecule has 1 N–H and O–H groups in total. The summed E-state index contributed by atoms with van der Waals surface area (Å²) < 4.78 is 11.1. The lowest BCUT2D eigenvalue weighted by Gasteiger charge is -2.09. The number of fused-ring (bicyclic) bond motifs is 1. The van der Waals surface area contributed by atoms with Crippen molar-refractivity contribution in [2.75, 3.05) is 6.61 Å². The molecule has 0 saturated carbocycles. The minimum Gasteiger partial charge on any atom is -0.493 e. The summed E-state index contributed by atoms with van der Waals surface area (Å²) in [6, 6.07) is 12.4. The van der Waals surface area contributed by atoms with Gasteiger partial charge in [0.25, 0.3) is 0 Å². The predicted octanol–water partition coefficient (Wildman–Crippen LogP) is 4.25. The van der Waals surface area contributed by atoms with Crippen molar-refractivity contribution >= 4 is 28.7 Å². The molecule has 1 aromatic heterocycles. The molecule has 0 bridgehead atoms. The number of carbonyl (C=O) groups is 1. The van der Waals surface area contributed by atoms with Crippen LogP contribution in [0, 0.1) is 5.92 Å². The van der Waals surface area contributed by atoms with E-state index >= 15 is 0 Å². The van der Waals surface area contributed by atoms with Crippen LogP contribution >= 0.6 is 11.6 Å². The number of benzene rings is 2. The van der Waals surface area contributed by atoms with Gasteiger partial charge in [-0.1, -0.05) is 11.6 Å². The van der Waals surface area contributed by atoms with Crippen molar-refractivity contribution in [1.82, 2.24) is 4.98 Å². The summed E-state index contributed by atoms with van der Waals surface area (Å²) in [7, 11) is 0. The molecular formula is C17H14ClNO4. The van der Waals surface area contributed by atoms with Gasteiger partial charge in [-0.15, -0.1) is 0 Å². The van der Waals surface area contributed by atoms with Gasteiger partial charge in [-0.2, -0.15) is 0 Å². The summed E-state index contributed by atoms with van der Waals surface area (Å²) >= 11 is 5.93. The molecule has 1 unspecified atom stereocenters. The van der Waals surface area contributed by atoms with Gasteiger partial charge in [0.05, 0.1) is 5.92 Å². The molecule has 0 radical (unpaired) electrons. The van der Waals surface area contributed by atoms with Crippen molar-refractivity contribution in [1.29, 1.82) is 0 Å². The summed E-state index contributed by atoms with van der Waals surface area (Å²) in [4.78, 5) is 15.2. The number of halogens is 1. The molecule has 0 aliphatic carbocycles. The van der Waals surface area contributed by atoms with E-state index in [0.717, 1.165) is 11.1 Å². The Bertz CT molecular complexity index is 841. The Labute approximate surface area is 137 Å². The molecule has 0 saturated heterocycles. The van der Waals surface area contributed by atoms with Gasteiger partial charge in [-0.05, 0) is 43.3 Å². The molecule has 0 spiro atoms. The highest BCUT2D eigenvalue weighted by atomic mass is 35.5. The highest BCUT2D eigenvalue weighted by molar-refractivity contribution is 6.31. The quantitative estimate of drug-likeness (QED) is 0.756. The Kier molecular flexibility index (Phi) is 4.21. The highest BCUT2D eigenvalue weighted by Gasteiger charge is 2.12. The van der Waals surface area contributed by atoms with E-state index in [-0.39, 0.29) is 6.61 Å². The lowest BCUT2D eigenvalue weighted by atomic mass is 10.2. The average Bonchev–Trinajstić information content (AvgIpc) is 2.96. The zero-order valence-electron chi connectivity index (χ0n) is 12.3. The summed E-state index contributed by atoms with van der Waals surface area (Å²) in [5.41, 5.74) is 2.17. The van der Waals surface area contributed by atoms with E-state index in [1.54, 1.807) is 37.3 Å². The minimum atomic E-state index is -0.883. The second-order valence-corrected chi connectivity index (χ2v) is 5.64. The van der Waals surface area contributed by atoms with Crippen LogP contribution in [0.4, 0.5) is 0 Å². The van der Waals surface area contributed by atoms with Gasteiger partial charge < -0.3 is 14.3 Å². The van der Waals surface area contributed by atoms with Crippen LogP contribution in [0.1, 0.15) is 6.92 Å². The first-order valence-electron chi connectivity index (χ1n) is 7.05. The van der Waals surface area contributed by atoms with E-state index in [1.807, 2.05) is 12.1 Å². The topological polar surface area (TPSA) is 72.6 Å². The molecule has 0 amide bonds. The number of carboxylic acid groups (broad SMARTS) is 1. The number of ether oxygens (including phenoxy) is 1. The van der Waals surface area contributed by atoms with Gasteiger partial charge in [0, 0.05) is 16.7 Å². The Morgan fingerprint density at radius 1 is 1.30 bits per heavy atom. The molecule has 0 fully saturated rings. The van der Waals surface area contributed by atoms with E-state index < -0.39 is 11.9 Å². The highest BCUT2D eigenvalue weighted by Crippen LogP contribution is 2.27. The molecule has 0 aliphatic heterocycles. The van der Waals surface area contributed by atoms with E-state index in [1.165, 1.54) is 0 Å². The molecule has 5 nitrogen and oxygen atoms in total. The molecule has 3 aromatic rings. The van der Waals surface area contributed by atoms with Gasteiger partial charge in [-0.3, -0.25) is 4.79 Å². The molecule has 0 aliphatic rings. The third-order valence-electron chi connectivity index (χ3n) is 3.37. The standard InChI is InChI=1S/C17H14ClNO4/c1-10(17(20)21)9-22-13-5-2-11(3-6-13)16-19-14-7-4-12(18)8-15(14)23-16/h2-8,10H,9H2,1H3,(H,20,21). The summed E-state index contributed by atoms with van der Waals surface area (Å²) in [5, 5.41) is 9.43. The number of aromatic nitrogens is 1. The lowest BCUT2D eigenvalue weighted by Crippen LogP contribution is -2.17. The summed E-state index contributed by atoms with van der Waals surface area (Å²) in [6.45, 7) is 1.72. The number of hydrogen-bond acceptors (Lipinski definition) is 4. The second kappa shape index (κ2) is 6.30. The fourth-order valence-electron chi connectivity index (χ4n) is 2.01. The van der Waals surface area contributed by atoms with Crippen molar-refractivity contribution < 1.29 is 19.1 Å². The normalized spacial score (nSPS) is 12.3. The largest absolute Gasteiger partial charge is 0.493 e. The first-order valence-corrected chi connectivity index (χ1v) is 7.43. The maximum Gasteiger partial charge on any atom is 0.309 e. The van der Waals surface area contributed by atoms with Crippen molar-refractivity contribution in [2.45, 2.75) is 6.92 Å². The Balaban J connectivity index is 1.76. The van der Waals surface area contributed by atoms with Crippen LogP contribution in [-0.2, 0) is 4.79 Å². The third kappa shape index (κ3) is 3.46. The predicted molar refractivity (Wildman–Crippen MR) is 86.7 cm³/mol. The first-order chi connectivity index (χ1) is 11.0. The van der Waals surface area contributed by atoms with E-state index in [9.17, 15) is 4.79 Å². The molecule has 1 heterocycles. The minimum absolute atomic E-state index is 0.121. The van der Waals surface area contributed by atoms with Crippen molar-refractivity contribution in [3.05, 3.63) is 47.5 Å². The lowest BCUT2D eigenvalue weighted by molar-refractivity contribution is -0.142. The van der Waals surface area contributed by atoms with Gasteiger partial charge in [0.2, 0.25) is 5.89 Å². The van der Waals surface area contributed by atoms with Crippen LogP contribution < -0.4 is 4.74 Å². The molecular weight excluding hydrogens is 318 g/mol. The molecule has 23 heavy (non-hydrogen) atoms. The Hall–Kier alpha value is -2.53. The van der Waals surface area contributed by atoms with Crippen LogP contribution in [0.25, 0.3) is 22.6 Å². The van der Waals surface area contributed by atoms with Gasteiger partial charge in [0.1, 0.15) is 17.9 Å². The maximum absolute atomic E-state index is 10.8. The van der Waals surface area contributed by atoms with Gasteiger partial charge >= 0.3 is 5.97 Å². The summed E-state index contributed by atoms with van der Waals surface area (Å²) in [5.74, 6) is -0.350. The van der Waals surface area contributed by atoms with Crippen LogP contribution in [-0.4, -0.2) is 22.7 Å². The van der Waals surface area contributed by atoms with E-state index in [0.29, 0.717) is 22.2 Å². The number of hydrogen-bond donors (Lipinski definition) is 1. The van der Waals surface area contributed by atoms with Gasteiger partial charge in [0.15, 0.2) is 5.58 Å². The Morgan fingerprint density at radius 3 is 2.74 bits per heavy atom. The second-order valence-electron chi connectivity index (χ2n) is 5.21. The smallest absolute Gasteiger partial charge is 0.309 e. The monoisotopic (exact) mass is 331 g/mol.